The summed E-state index contributed by atoms with van der Waals surface area (Å²) in [4.78, 5) is 8.67. The zero-order chi connectivity index (χ0) is 27.1. The average molecular weight is 525 g/mol. The summed E-state index contributed by atoms with van der Waals surface area (Å²) >= 11 is 0. The van der Waals surface area contributed by atoms with Crippen molar-refractivity contribution in [1.82, 2.24) is 9.97 Å². The van der Waals surface area contributed by atoms with Crippen molar-refractivity contribution in [2.45, 2.75) is 31.6 Å². The summed E-state index contributed by atoms with van der Waals surface area (Å²) in [5.41, 5.74) is 0.712. The highest BCUT2D eigenvalue weighted by molar-refractivity contribution is 5.46. The maximum absolute atomic E-state index is 15.2. The Balaban J connectivity index is 2.14. The molecule has 0 saturated carbocycles. The van der Waals surface area contributed by atoms with Crippen LogP contribution in [0, 0.1) is 0 Å². The lowest BCUT2D eigenvalue weighted by atomic mass is 9.99. The molecule has 2 unspecified atom stereocenters. The van der Waals surface area contributed by atoms with Crippen LogP contribution >= 0.6 is 0 Å². The number of benzene rings is 2. The molecule has 3 aromatic rings. The standard InChI is InChI=1S/C26H28F4N2O5/c1-33-16-8-6-14(19(12-16)35-3)10-18-22(23(27)24(28)25(29)30)26(37-5)32-21(31-18)11-15-7-9-17(34-2)13-20(15)36-4/h6-9,12-13,23-25H,10-11H2,1-5H3. The Morgan fingerprint density at radius 3 is 1.68 bits per heavy atom. The molecule has 0 saturated heterocycles. The highest BCUT2D eigenvalue weighted by Crippen LogP contribution is 2.38. The SMILES string of the molecule is COc1ccc(Cc2nc(Cc3ccc(OC)cc3OC)c(C(F)C(F)C(F)F)c(OC)n2)c(OC)c1. The van der Waals surface area contributed by atoms with Gasteiger partial charge in [-0.2, -0.15) is 4.98 Å². The van der Waals surface area contributed by atoms with Crippen molar-refractivity contribution in [2.24, 2.45) is 0 Å². The number of ether oxygens (including phenoxy) is 5. The van der Waals surface area contributed by atoms with E-state index in [1.807, 2.05) is 0 Å². The molecule has 0 aliphatic rings. The van der Waals surface area contributed by atoms with Gasteiger partial charge in [-0.15, -0.1) is 0 Å². The van der Waals surface area contributed by atoms with Crippen LogP contribution in [0.3, 0.4) is 0 Å². The lowest BCUT2D eigenvalue weighted by Crippen LogP contribution is -2.22. The molecule has 0 bridgehead atoms. The predicted octanol–water partition coefficient (Wildman–Crippen LogP) is 5.32. The molecule has 0 aliphatic carbocycles. The second-order valence-corrected chi connectivity index (χ2v) is 7.90. The minimum atomic E-state index is -3.55. The van der Waals surface area contributed by atoms with Crippen LogP contribution in [-0.2, 0) is 12.8 Å². The first kappa shape index (κ1) is 27.8. The number of alkyl halides is 4. The van der Waals surface area contributed by atoms with Crippen LogP contribution in [0.2, 0.25) is 0 Å². The fourth-order valence-corrected chi connectivity index (χ4v) is 3.82. The molecule has 1 heterocycles. The first-order chi connectivity index (χ1) is 17.8. The summed E-state index contributed by atoms with van der Waals surface area (Å²) in [5, 5.41) is 0. The van der Waals surface area contributed by atoms with Gasteiger partial charge in [0.15, 0.2) is 12.3 Å². The average Bonchev–Trinajstić information content (AvgIpc) is 2.92. The summed E-state index contributed by atoms with van der Waals surface area (Å²) < 4.78 is 82.1. The Kier molecular flexibility index (Phi) is 9.37. The molecule has 2 aromatic carbocycles. The minimum absolute atomic E-state index is 0.0198. The van der Waals surface area contributed by atoms with E-state index in [1.165, 1.54) is 35.5 Å². The van der Waals surface area contributed by atoms with Crippen LogP contribution in [0.1, 0.15) is 34.4 Å². The van der Waals surface area contributed by atoms with E-state index >= 15 is 4.39 Å². The Bertz CT molecular complexity index is 1210. The van der Waals surface area contributed by atoms with Crippen LogP contribution in [0.25, 0.3) is 0 Å². The second kappa shape index (κ2) is 12.5. The summed E-state index contributed by atoms with van der Waals surface area (Å²) in [6.45, 7) is 0. The summed E-state index contributed by atoms with van der Waals surface area (Å²) in [5.74, 6) is 1.82. The molecule has 37 heavy (non-hydrogen) atoms. The zero-order valence-corrected chi connectivity index (χ0v) is 21.1. The van der Waals surface area contributed by atoms with Crippen molar-refractivity contribution in [3.8, 4) is 28.9 Å². The molecule has 1 aromatic heterocycles. The molecule has 0 spiro atoms. The van der Waals surface area contributed by atoms with E-state index in [-0.39, 0.29) is 30.2 Å². The maximum atomic E-state index is 15.2. The van der Waals surface area contributed by atoms with Crippen molar-refractivity contribution in [1.29, 1.82) is 0 Å². The molecule has 7 nitrogen and oxygen atoms in total. The van der Waals surface area contributed by atoms with Crippen molar-refractivity contribution in [3.05, 3.63) is 64.6 Å². The molecule has 0 N–H and O–H groups in total. The van der Waals surface area contributed by atoms with Crippen molar-refractivity contribution in [3.63, 3.8) is 0 Å². The van der Waals surface area contributed by atoms with Gasteiger partial charge in [-0.1, -0.05) is 12.1 Å². The van der Waals surface area contributed by atoms with Gasteiger partial charge in [0, 0.05) is 36.1 Å². The Labute approximate surface area is 212 Å². The molecule has 0 radical (unpaired) electrons. The smallest absolute Gasteiger partial charge is 0.272 e. The lowest BCUT2D eigenvalue weighted by molar-refractivity contribution is 0.00164. The Morgan fingerprint density at radius 2 is 1.22 bits per heavy atom. The van der Waals surface area contributed by atoms with E-state index in [4.69, 9.17) is 23.7 Å². The summed E-state index contributed by atoms with van der Waals surface area (Å²) in [7, 11) is 7.13. The Morgan fingerprint density at radius 1 is 0.676 bits per heavy atom. The van der Waals surface area contributed by atoms with E-state index in [0.717, 1.165) is 0 Å². The quantitative estimate of drug-likeness (QED) is 0.297. The summed E-state index contributed by atoms with van der Waals surface area (Å²) in [6.07, 6.45) is -9.32. The predicted molar refractivity (Wildman–Crippen MR) is 128 cm³/mol. The monoisotopic (exact) mass is 524 g/mol. The van der Waals surface area contributed by atoms with Gasteiger partial charge in [-0.3, -0.25) is 0 Å². The highest BCUT2D eigenvalue weighted by atomic mass is 19.3. The van der Waals surface area contributed by atoms with E-state index in [0.29, 0.717) is 34.1 Å². The van der Waals surface area contributed by atoms with Crippen LogP contribution in [-0.4, -0.2) is 58.1 Å². The van der Waals surface area contributed by atoms with Gasteiger partial charge >= 0.3 is 0 Å². The third kappa shape index (κ3) is 6.33. The topological polar surface area (TPSA) is 71.9 Å². The van der Waals surface area contributed by atoms with Gasteiger partial charge in [0.25, 0.3) is 6.43 Å². The lowest BCUT2D eigenvalue weighted by Gasteiger charge is -2.20. The fraction of sp³-hybridized carbons (Fsp3) is 0.385. The Hall–Kier alpha value is -3.76. The molecular formula is C26H28F4N2O5. The van der Waals surface area contributed by atoms with Crippen molar-refractivity contribution in [2.75, 3.05) is 35.5 Å². The van der Waals surface area contributed by atoms with Crippen molar-refractivity contribution < 1.29 is 41.2 Å². The van der Waals surface area contributed by atoms with Crippen LogP contribution in [0.4, 0.5) is 17.6 Å². The van der Waals surface area contributed by atoms with Gasteiger partial charge in [0.2, 0.25) is 5.88 Å². The molecular weight excluding hydrogens is 496 g/mol. The number of hydrogen-bond acceptors (Lipinski definition) is 7. The molecule has 11 heteroatoms. The van der Waals surface area contributed by atoms with Crippen LogP contribution in [0.15, 0.2) is 36.4 Å². The van der Waals surface area contributed by atoms with Gasteiger partial charge in [-0.25, -0.2) is 22.5 Å². The van der Waals surface area contributed by atoms with Crippen molar-refractivity contribution >= 4 is 0 Å². The molecule has 2 atom stereocenters. The number of aromatic nitrogens is 2. The van der Waals surface area contributed by atoms with Gasteiger partial charge < -0.3 is 23.7 Å². The maximum Gasteiger partial charge on any atom is 0.272 e. The highest BCUT2D eigenvalue weighted by Gasteiger charge is 2.36. The fourth-order valence-electron chi connectivity index (χ4n) is 3.82. The van der Waals surface area contributed by atoms with E-state index in [9.17, 15) is 13.2 Å². The second-order valence-electron chi connectivity index (χ2n) is 7.90. The largest absolute Gasteiger partial charge is 0.497 e. The van der Waals surface area contributed by atoms with Crippen LogP contribution in [0.5, 0.6) is 28.9 Å². The first-order valence-corrected chi connectivity index (χ1v) is 11.2. The molecule has 200 valence electrons. The zero-order valence-electron chi connectivity index (χ0n) is 21.1. The minimum Gasteiger partial charge on any atom is -0.497 e. The third-order valence-electron chi connectivity index (χ3n) is 5.72. The molecule has 3 rings (SSSR count). The third-order valence-corrected chi connectivity index (χ3v) is 5.72. The van der Waals surface area contributed by atoms with E-state index < -0.39 is 24.3 Å². The number of nitrogens with zero attached hydrogens (tertiary/aromatic N) is 2. The number of hydrogen-bond donors (Lipinski definition) is 0. The van der Waals surface area contributed by atoms with Gasteiger partial charge in [0.1, 0.15) is 28.8 Å². The van der Waals surface area contributed by atoms with E-state index in [2.05, 4.69) is 9.97 Å². The van der Waals surface area contributed by atoms with Crippen LogP contribution < -0.4 is 23.7 Å². The van der Waals surface area contributed by atoms with Gasteiger partial charge in [-0.05, 0) is 12.1 Å². The first-order valence-electron chi connectivity index (χ1n) is 11.2. The van der Waals surface area contributed by atoms with Gasteiger partial charge in [0.05, 0.1) is 46.8 Å². The molecule has 0 aliphatic heterocycles. The number of rotatable bonds is 12. The van der Waals surface area contributed by atoms with E-state index in [1.54, 1.807) is 36.4 Å². The molecule has 0 fully saturated rings. The number of halogens is 4. The summed E-state index contributed by atoms with van der Waals surface area (Å²) in [6, 6.07) is 10.1. The molecule has 0 amide bonds. The number of methoxy groups -OCH3 is 5. The normalized spacial score (nSPS) is 12.7.